The lowest BCUT2D eigenvalue weighted by Crippen LogP contribution is -2.16. The molecule has 0 atom stereocenters. The molecule has 0 saturated heterocycles. The summed E-state index contributed by atoms with van der Waals surface area (Å²) in [6.07, 6.45) is 9.04. The van der Waals surface area contributed by atoms with Crippen LogP contribution in [0, 0.1) is 0 Å². The van der Waals surface area contributed by atoms with Crippen LogP contribution >= 0.6 is 0 Å². The standard InChI is InChI=1S/C72H56N2/c1-71(2)67-45-51(31-39-63(67)65-41-35-59(47-69(65)71)73(55-17-9-5-10-18-55)56-19-11-6-12-20-56)27-25-49-29-37-61-53(43-49)33-34-54-44-50(30-38-62(54)61)26-28-52-32-40-64-66-42-36-60(48-70(66)72(3,4)68(64)46-52)74(57-21-13-7-14-22-57)58-23-15-8-16-24-58/h5-48H,1-4H3/b27-25+,28-26+. The first-order valence-corrected chi connectivity index (χ1v) is 25.9. The predicted molar refractivity (Wildman–Crippen MR) is 317 cm³/mol. The Morgan fingerprint density at radius 2 is 0.541 bits per heavy atom. The second kappa shape index (κ2) is 17.9. The van der Waals surface area contributed by atoms with Gasteiger partial charge >= 0.3 is 0 Å². The summed E-state index contributed by atoms with van der Waals surface area (Å²) in [5.74, 6) is 0. The van der Waals surface area contributed by atoms with Gasteiger partial charge in [-0.15, -0.1) is 0 Å². The first-order chi connectivity index (χ1) is 36.2. The van der Waals surface area contributed by atoms with E-state index in [1.54, 1.807) is 0 Å². The maximum Gasteiger partial charge on any atom is 0.0465 e. The summed E-state index contributed by atoms with van der Waals surface area (Å²) in [6, 6.07) is 88.8. The Morgan fingerprint density at radius 1 is 0.257 bits per heavy atom. The highest BCUT2D eigenvalue weighted by Crippen LogP contribution is 2.53. The van der Waals surface area contributed by atoms with E-state index in [1.807, 2.05) is 0 Å². The fourth-order valence-electron chi connectivity index (χ4n) is 11.9. The maximum atomic E-state index is 2.40. The highest BCUT2D eigenvalue weighted by atomic mass is 15.1. The average molecular weight is 949 g/mol. The van der Waals surface area contributed by atoms with Crippen LogP contribution in [0.15, 0.2) is 243 Å². The van der Waals surface area contributed by atoms with Crippen molar-refractivity contribution in [2.24, 2.45) is 0 Å². The third-order valence-electron chi connectivity index (χ3n) is 15.8. The van der Waals surface area contributed by atoms with Crippen LogP contribution in [-0.2, 0) is 10.8 Å². The van der Waals surface area contributed by atoms with Crippen LogP contribution in [0.5, 0.6) is 0 Å². The number of rotatable bonds is 10. The fourth-order valence-corrected chi connectivity index (χ4v) is 11.9. The van der Waals surface area contributed by atoms with Gasteiger partial charge in [0.25, 0.3) is 0 Å². The minimum Gasteiger partial charge on any atom is -0.310 e. The number of fused-ring (bicyclic) bond motifs is 9. The highest BCUT2D eigenvalue weighted by Gasteiger charge is 2.37. The van der Waals surface area contributed by atoms with Crippen molar-refractivity contribution in [3.63, 3.8) is 0 Å². The Morgan fingerprint density at radius 3 is 0.878 bits per heavy atom. The normalized spacial score (nSPS) is 13.8. The zero-order valence-electron chi connectivity index (χ0n) is 42.3. The number of benzene rings is 11. The molecule has 0 fully saturated rings. The topological polar surface area (TPSA) is 6.48 Å². The first-order valence-electron chi connectivity index (χ1n) is 25.9. The van der Waals surface area contributed by atoms with Crippen molar-refractivity contribution in [2.45, 2.75) is 38.5 Å². The lowest BCUT2D eigenvalue weighted by Gasteiger charge is -2.28. The van der Waals surface area contributed by atoms with Crippen molar-refractivity contribution in [2.75, 3.05) is 9.80 Å². The van der Waals surface area contributed by atoms with Gasteiger partial charge in [-0.2, -0.15) is 0 Å². The highest BCUT2D eigenvalue weighted by molar-refractivity contribution is 6.08. The number of hydrogen-bond acceptors (Lipinski definition) is 2. The Labute approximate surface area is 435 Å². The van der Waals surface area contributed by atoms with Crippen LogP contribution in [0.1, 0.15) is 72.2 Å². The number of para-hydroxylation sites is 4. The second-order valence-corrected chi connectivity index (χ2v) is 21.0. The van der Waals surface area contributed by atoms with Crippen molar-refractivity contribution in [3.05, 3.63) is 287 Å². The zero-order valence-corrected chi connectivity index (χ0v) is 42.3. The van der Waals surface area contributed by atoms with Gasteiger partial charge in [0.2, 0.25) is 0 Å². The van der Waals surface area contributed by atoms with Crippen molar-refractivity contribution >= 4 is 80.0 Å². The fraction of sp³-hybridized carbons (Fsp3) is 0.0833. The van der Waals surface area contributed by atoms with Crippen LogP contribution in [0.4, 0.5) is 34.1 Å². The molecule has 13 rings (SSSR count). The van der Waals surface area contributed by atoms with Crippen LogP contribution < -0.4 is 9.80 Å². The molecule has 0 amide bonds. The molecule has 0 spiro atoms. The van der Waals surface area contributed by atoms with Gasteiger partial charge in [-0.25, -0.2) is 0 Å². The van der Waals surface area contributed by atoms with Crippen molar-refractivity contribution in [1.82, 2.24) is 0 Å². The van der Waals surface area contributed by atoms with Crippen LogP contribution in [0.25, 0.3) is 68.1 Å². The molecular weight excluding hydrogens is 893 g/mol. The molecule has 0 saturated carbocycles. The summed E-state index contributed by atoms with van der Waals surface area (Å²) in [6.45, 7) is 9.47. The van der Waals surface area contributed by atoms with E-state index in [1.165, 1.54) is 88.3 Å². The lowest BCUT2D eigenvalue weighted by molar-refractivity contribution is 0.660. The molecule has 0 radical (unpaired) electrons. The molecule has 2 aliphatic carbocycles. The van der Waals surface area contributed by atoms with Crippen molar-refractivity contribution in [3.8, 4) is 22.3 Å². The summed E-state index contributed by atoms with van der Waals surface area (Å²) in [7, 11) is 0. The largest absolute Gasteiger partial charge is 0.310 e. The molecule has 74 heavy (non-hydrogen) atoms. The van der Waals surface area contributed by atoms with Crippen LogP contribution in [-0.4, -0.2) is 0 Å². The molecule has 0 N–H and O–H groups in total. The average Bonchev–Trinajstić information content (AvgIpc) is 3.81. The number of anilines is 6. The molecule has 354 valence electrons. The second-order valence-electron chi connectivity index (χ2n) is 21.0. The quantitative estimate of drug-likeness (QED) is 0.0996. The van der Waals surface area contributed by atoms with Gasteiger partial charge in [-0.05, 0) is 173 Å². The third kappa shape index (κ3) is 7.82. The summed E-state index contributed by atoms with van der Waals surface area (Å²) >= 11 is 0. The SMILES string of the molecule is CC1(C)c2cc(/C=C/c3ccc4c(ccc5cc(/C=C/c6ccc7c(c6)C(C)(C)c6cc(N(c8ccccc8)c8ccccc8)ccc6-7)ccc54)c3)ccc2-c2ccc(N(c3ccccc3)c3ccccc3)cc21. The Hall–Kier alpha value is -8.98. The summed E-state index contributed by atoms with van der Waals surface area (Å²) in [5, 5.41) is 5.02. The van der Waals surface area contributed by atoms with Crippen LogP contribution in [0.3, 0.4) is 0 Å². The minimum atomic E-state index is -0.156. The van der Waals surface area contributed by atoms with E-state index in [9.17, 15) is 0 Å². The predicted octanol–water partition coefficient (Wildman–Crippen LogP) is 19.9. The molecule has 11 aromatic carbocycles. The van der Waals surface area contributed by atoms with E-state index in [0.717, 1.165) is 34.1 Å². The molecule has 0 aromatic heterocycles. The van der Waals surface area contributed by atoms with Gasteiger partial charge in [-0.1, -0.05) is 210 Å². The summed E-state index contributed by atoms with van der Waals surface area (Å²) < 4.78 is 0. The number of hydrogen-bond donors (Lipinski definition) is 0. The smallest absolute Gasteiger partial charge is 0.0465 e. The molecule has 2 nitrogen and oxygen atoms in total. The van der Waals surface area contributed by atoms with Crippen molar-refractivity contribution < 1.29 is 0 Å². The third-order valence-corrected chi connectivity index (χ3v) is 15.8. The molecule has 2 heteroatoms. The number of nitrogens with zero attached hydrogens (tertiary/aromatic N) is 2. The summed E-state index contributed by atoms with van der Waals surface area (Å²) in [4.78, 5) is 4.71. The van der Waals surface area contributed by atoms with E-state index < -0.39 is 0 Å². The molecule has 0 bridgehead atoms. The molecule has 0 unspecified atom stereocenters. The van der Waals surface area contributed by atoms with Gasteiger partial charge in [-0.3, -0.25) is 0 Å². The van der Waals surface area contributed by atoms with Gasteiger partial charge in [0.1, 0.15) is 0 Å². The first kappa shape index (κ1) is 44.9. The summed E-state index contributed by atoms with van der Waals surface area (Å²) in [5.41, 5.74) is 22.1. The van der Waals surface area contributed by atoms with Gasteiger partial charge in [0.05, 0.1) is 0 Å². The lowest BCUT2D eigenvalue weighted by atomic mass is 9.81. The van der Waals surface area contributed by atoms with E-state index in [-0.39, 0.29) is 10.8 Å². The van der Waals surface area contributed by atoms with Crippen molar-refractivity contribution in [1.29, 1.82) is 0 Å². The Kier molecular flexibility index (Phi) is 10.9. The molecule has 0 heterocycles. The van der Waals surface area contributed by atoms with E-state index in [0.29, 0.717) is 0 Å². The van der Waals surface area contributed by atoms with E-state index in [2.05, 4.69) is 304 Å². The zero-order chi connectivity index (χ0) is 50.0. The minimum absolute atomic E-state index is 0.156. The van der Waals surface area contributed by atoms with E-state index >= 15 is 0 Å². The monoisotopic (exact) mass is 948 g/mol. The molecule has 2 aliphatic rings. The Balaban J connectivity index is 0.724. The van der Waals surface area contributed by atoms with Gasteiger partial charge in [0, 0.05) is 45.0 Å². The van der Waals surface area contributed by atoms with Gasteiger partial charge in [0.15, 0.2) is 0 Å². The van der Waals surface area contributed by atoms with E-state index in [4.69, 9.17) is 0 Å². The molecular formula is C72H56N2. The maximum absolute atomic E-state index is 2.40. The molecule has 0 aliphatic heterocycles. The van der Waals surface area contributed by atoms with Crippen LogP contribution in [0.2, 0.25) is 0 Å². The molecule has 11 aromatic rings. The van der Waals surface area contributed by atoms with Gasteiger partial charge < -0.3 is 9.80 Å². The Bertz CT molecular complexity index is 3650.